The van der Waals surface area contributed by atoms with Crippen LogP contribution in [0.3, 0.4) is 0 Å². The topological polar surface area (TPSA) is 44.1 Å². The van der Waals surface area contributed by atoms with E-state index in [1.807, 2.05) is 11.6 Å². The summed E-state index contributed by atoms with van der Waals surface area (Å²) in [5, 5.41) is 0. The average Bonchev–Trinajstić information content (AvgIpc) is 2.44. The Bertz CT molecular complexity index is 352. The summed E-state index contributed by atoms with van der Waals surface area (Å²) in [5.41, 5.74) is 0.498. The minimum absolute atomic E-state index is 0.327. The van der Waals surface area contributed by atoms with Gasteiger partial charge in [0.2, 0.25) is 0 Å². The van der Waals surface area contributed by atoms with E-state index in [0.29, 0.717) is 5.69 Å². The van der Waals surface area contributed by atoms with Crippen LogP contribution in [0.4, 0.5) is 0 Å². The van der Waals surface area contributed by atoms with E-state index in [0.717, 1.165) is 3.71 Å². The molecule has 0 aliphatic rings. The molecule has 0 radical (unpaired) electrons. The second kappa shape index (κ2) is 3.92. The normalized spacial score (nSPS) is 11.5. The molecule has 1 heterocycles. The molecule has 1 aromatic heterocycles. The van der Waals surface area contributed by atoms with Crippen LogP contribution < -0.4 is 3.71 Å². The average molecular weight is 303 g/mol. The first-order valence-electron chi connectivity index (χ1n) is 4.48. The molecule has 4 nitrogen and oxygen atoms in total. The molecule has 0 unspecified atom stereocenters. The molecular weight excluding hydrogens is 287 g/mol. The summed E-state index contributed by atoms with van der Waals surface area (Å²) < 4.78 is 7.75. The van der Waals surface area contributed by atoms with E-state index in [9.17, 15) is 4.79 Å². The Hall–Kier alpha value is -0.521. The fourth-order valence-electron chi connectivity index (χ4n) is 1.56. The number of nitrogens with zero attached hydrogens (tertiary/aromatic N) is 2. The molecule has 0 saturated heterocycles. The van der Waals surface area contributed by atoms with Crippen LogP contribution in [0.2, 0.25) is 14.8 Å². The molecule has 14 heavy (non-hydrogen) atoms. The van der Waals surface area contributed by atoms with Gasteiger partial charge >= 0.3 is 88.1 Å². The first-order chi connectivity index (χ1) is 6.38. The first-order valence-corrected chi connectivity index (χ1v) is 14.5. The molecule has 0 bridgehead atoms. The quantitative estimate of drug-likeness (QED) is 0.598. The Labute approximate surface area is 88.2 Å². The van der Waals surface area contributed by atoms with Crippen LogP contribution in [-0.4, -0.2) is 41.0 Å². The molecule has 0 aliphatic heterocycles. The Morgan fingerprint density at radius 1 is 1.50 bits per heavy atom. The van der Waals surface area contributed by atoms with Crippen LogP contribution in [0.25, 0.3) is 0 Å². The number of ether oxygens (including phenoxy) is 1. The first kappa shape index (κ1) is 11.6. The van der Waals surface area contributed by atoms with Gasteiger partial charge in [-0.25, -0.2) is 0 Å². The van der Waals surface area contributed by atoms with Crippen molar-refractivity contribution in [2.24, 2.45) is 7.05 Å². The Balaban J connectivity index is 3.27. The number of hydrogen-bond donors (Lipinski definition) is 0. The molecule has 78 valence electrons. The van der Waals surface area contributed by atoms with Crippen molar-refractivity contribution in [1.29, 1.82) is 0 Å². The third-order valence-electron chi connectivity index (χ3n) is 2.03. The van der Waals surface area contributed by atoms with Crippen molar-refractivity contribution in [2.75, 3.05) is 7.11 Å². The molecular formula is C9H16N2O2Sn. The minimum atomic E-state index is -2.28. The van der Waals surface area contributed by atoms with Gasteiger partial charge in [-0.1, -0.05) is 0 Å². The second-order valence-electron chi connectivity index (χ2n) is 4.29. The molecule has 0 aliphatic carbocycles. The molecule has 0 spiro atoms. The number of methoxy groups -OCH3 is 1. The van der Waals surface area contributed by atoms with Gasteiger partial charge in [-0.05, 0) is 0 Å². The second-order valence-corrected chi connectivity index (χ2v) is 18.5. The third kappa shape index (κ3) is 2.10. The van der Waals surface area contributed by atoms with E-state index < -0.39 is 18.4 Å². The Morgan fingerprint density at radius 2 is 2.07 bits per heavy atom. The molecule has 1 aromatic rings. The van der Waals surface area contributed by atoms with Crippen molar-refractivity contribution in [3.63, 3.8) is 0 Å². The van der Waals surface area contributed by atoms with Crippen LogP contribution in [0.15, 0.2) is 6.33 Å². The number of rotatable bonds is 2. The number of aromatic nitrogens is 2. The number of aryl methyl sites for hydroxylation is 1. The van der Waals surface area contributed by atoms with E-state index in [1.54, 1.807) is 6.33 Å². The molecule has 0 aromatic carbocycles. The number of esters is 1. The molecule has 0 N–H and O–H groups in total. The van der Waals surface area contributed by atoms with Crippen molar-refractivity contribution in [1.82, 2.24) is 9.55 Å². The van der Waals surface area contributed by atoms with E-state index in [4.69, 9.17) is 4.74 Å². The van der Waals surface area contributed by atoms with Gasteiger partial charge in [-0.2, -0.15) is 0 Å². The molecule has 5 heteroatoms. The van der Waals surface area contributed by atoms with Crippen LogP contribution >= 0.6 is 0 Å². The standard InChI is InChI=1S/C6H7N2O2.3CH3.Sn/c1-8-3-5(7-4-8)6(9)10-2;;;;/h4H,1-2H3;3*1H3;. The fourth-order valence-corrected chi connectivity index (χ4v) is 7.25. The van der Waals surface area contributed by atoms with Gasteiger partial charge in [-0.3, -0.25) is 0 Å². The van der Waals surface area contributed by atoms with Crippen LogP contribution in [0.5, 0.6) is 0 Å². The van der Waals surface area contributed by atoms with Crippen molar-refractivity contribution in [2.45, 2.75) is 14.8 Å². The Morgan fingerprint density at radius 3 is 2.50 bits per heavy atom. The zero-order valence-electron chi connectivity index (χ0n) is 9.29. The fraction of sp³-hybridized carbons (Fsp3) is 0.556. The summed E-state index contributed by atoms with van der Waals surface area (Å²) in [5.74, 6) is -0.327. The SMILES string of the molecule is COC(=O)c1ncn(C)[c]1[Sn]([CH3])([CH3])[CH3]. The molecule has 0 fully saturated rings. The number of carbonyl (C=O) groups is 1. The monoisotopic (exact) mass is 304 g/mol. The summed E-state index contributed by atoms with van der Waals surface area (Å²) in [6.07, 6.45) is 1.68. The molecule has 1 rings (SSSR count). The zero-order valence-corrected chi connectivity index (χ0v) is 12.1. The third-order valence-corrected chi connectivity index (χ3v) is 7.76. The summed E-state index contributed by atoms with van der Waals surface area (Å²) in [6, 6.07) is 0. The van der Waals surface area contributed by atoms with Gasteiger partial charge in [-0.15, -0.1) is 0 Å². The number of carbonyl (C=O) groups excluding carboxylic acids is 1. The molecule has 0 amide bonds. The van der Waals surface area contributed by atoms with E-state index in [-0.39, 0.29) is 5.97 Å². The van der Waals surface area contributed by atoms with Crippen molar-refractivity contribution in [3.05, 3.63) is 12.0 Å². The van der Waals surface area contributed by atoms with E-state index in [2.05, 4.69) is 19.8 Å². The maximum atomic E-state index is 11.4. The van der Waals surface area contributed by atoms with Gasteiger partial charge < -0.3 is 0 Å². The number of hydrogen-bond acceptors (Lipinski definition) is 3. The van der Waals surface area contributed by atoms with Crippen molar-refractivity contribution < 1.29 is 9.53 Å². The molecule has 0 saturated carbocycles. The van der Waals surface area contributed by atoms with Crippen molar-refractivity contribution >= 4 is 28.1 Å². The van der Waals surface area contributed by atoms with Crippen LogP contribution in [0, 0.1) is 0 Å². The molecule has 0 atom stereocenters. The Kier molecular flexibility index (Phi) is 3.24. The summed E-state index contributed by atoms with van der Waals surface area (Å²) in [4.78, 5) is 22.3. The van der Waals surface area contributed by atoms with Crippen LogP contribution in [0.1, 0.15) is 10.5 Å². The predicted octanol–water partition coefficient (Wildman–Crippen LogP) is 0.752. The summed E-state index contributed by atoms with van der Waals surface area (Å²) >= 11 is -2.28. The van der Waals surface area contributed by atoms with Gasteiger partial charge in [0.25, 0.3) is 0 Å². The van der Waals surface area contributed by atoms with Gasteiger partial charge in [0.05, 0.1) is 0 Å². The summed E-state index contributed by atoms with van der Waals surface area (Å²) in [7, 11) is 3.32. The van der Waals surface area contributed by atoms with Crippen molar-refractivity contribution in [3.8, 4) is 0 Å². The predicted molar refractivity (Wildman–Crippen MR) is 57.5 cm³/mol. The summed E-state index contributed by atoms with van der Waals surface area (Å²) in [6.45, 7) is 0. The van der Waals surface area contributed by atoms with Crippen LogP contribution in [-0.2, 0) is 11.8 Å². The van der Waals surface area contributed by atoms with Gasteiger partial charge in [0.1, 0.15) is 0 Å². The number of imidazole rings is 1. The maximum absolute atomic E-state index is 11.4. The van der Waals surface area contributed by atoms with E-state index in [1.165, 1.54) is 7.11 Å². The zero-order chi connectivity index (χ0) is 10.9. The van der Waals surface area contributed by atoms with E-state index >= 15 is 0 Å². The van der Waals surface area contributed by atoms with Gasteiger partial charge in [0, 0.05) is 0 Å². The van der Waals surface area contributed by atoms with Gasteiger partial charge in [0.15, 0.2) is 0 Å².